The van der Waals surface area contributed by atoms with Crippen molar-refractivity contribution >= 4 is 17.8 Å². The highest BCUT2D eigenvalue weighted by Crippen LogP contribution is 2.30. The van der Waals surface area contributed by atoms with Gasteiger partial charge in [-0.05, 0) is 31.0 Å². The number of ether oxygens (including phenoxy) is 2. The largest absolute Gasteiger partial charge is 0.486 e. The van der Waals surface area contributed by atoms with E-state index in [2.05, 4.69) is 10.7 Å². The van der Waals surface area contributed by atoms with Crippen molar-refractivity contribution in [1.82, 2.24) is 15.8 Å². The highest BCUT2D eigenvalue weighted by atomic mass is 16.6. The van der Waals surface area contributed by atoms with Crippen LogP contribution < -0.4 is 20.2 Å². The number of urea groups is 1. The average Bonchev–Trinajstić information content (AvgIpc) is 2.78. The third-order valence-corrected chi connectivity index (χ3v) is 4.18. The molecular weight excluding hydrogens is 314 g/mol. The van der Waals surface area contributed by atoms with Crippen molar-refractivity contribution in [1.29, 1.82) is 0 Å². The molecule has 24 heavy (non-hydrogen) atoms. The van der Waals surface area contributed by atoms with Gasteiger partial charge in [-0.2, -0.15) is 5.01 Å². The molecule has 0 radical (unpaired) electrons. The second-order valence-electron chi connectivity index (χ2n) is 5.95. The van der Waals surface area contributed by atoms with Gasteiger partial charge in [-0.1, -0.05) is 13.0 Å². The molecule has 0 spiro atoms. The fourth-order valence-electron chi connectivity index (χ4n) is 2.57. The Morgan fingerprint density at radius 3 is 2.67 bits per heavy atom. The molecule has 2 N–H and O–H groups in total. The number of hydrogen-bond acceptors (Lipinski definition) is 5. The fourth-order valence-corrected chi connectivity index (χ4v) is 2.57. The molecule has 1 aromatic rings. The van der Waals surface area contributed by atoms with Crippen LogP contribution >= 0.6 is 0 Å². The molecule has 2 heterocycles. The molecule has 1 saturated heterocycles. The number of amides is 4. The molecule has 1 atom stereocenters. The minimum absolute atomic E-state index is 0.0105. The van der Waals surface area contributed by atoms with Crippen LogP contribution in [0.5, 0.6) is 11.5 Å². The Kier molecular flexibility index (Phi) is 4.04. The van der Waals surface area contributed by atoms with Gasteiger partial charge in [0.05, 0.1) is 6.42 Å². The van der Waals surface area contributed by atoms with Gasteiger partial charge in [-0.3, -0.25) is 15.0 Å². The van der Waals surface area contributed by atoms with Crippen molar-refractivity contribution in [2.45, 2.75) is 32.2 Å². The Labute approximate surface area is 139 Å². The smallest absolute Gasteiger partial charge is 0.344 e. The summed E-state index contributed by atoms with van der Waals surface area (Å²) in [5, 5.41) is 3.32. The summed E-state index contributed by atoms with van der Waals surface area (Å²) in [4.78, 5) is 36.3. The van der Waals surface area contributed by atoms with Crippen LogP contribution in [0.2, 0.25) is 0 Å². The third kappa shape index (κ3) is 2.86. The quantitative estimate of drug-likeness (QED) is 0.793. The standard InChI is InChI=1S/C16H19N3O5/c1-3-16(2)14(21)19(15(22)17-16)18-13(20)9-10-4-5-11-12(8-10)24-7-6-23-11/h4-5,8H,3,6-7,9H2,1-2H3,(H,17,22)(H,18,20). The lowest BCUT2D eigenvalue weighted by molar-refractivity contribution is -0.138. The van der Waals surface area contributed by atoms with Crippen molar-refractivity contribution in [3.05, 3.63) is 23.8 Å². The number of rotatable bonds is 4. The van der Waals surface area contributed by atoms with Crippen LogP contribution in [0.15, 0.2) is 18.2 Å². The lowest BCUT2D eigenvalue weighted by Gasteiger charge is -2.20. The maximum atomic E-state index is 12.2. The molecule has 8 heteroatoms. The number of hydrogen-bond donors (Lipinski definition) is 2. The zero-order valence-corrected chi connectivity index (χ0v) is 13.5. The topological polar surface area (TPSA) is 97.0 Å². The molecule has 2 aliphatic rings. The number of hydrazine groups is 1. The molecule has 2 aliphatic heterocycles. The minimum Gasteiger partial charge on any atom is -0.486 e. The van der Waals surface area contributed by atoms with Gasteiger partial charge >= 0.3 is 6.03 Å². The average molecular weight is 333 g/mol. The molecule has 128 valence electrons. The SMILES string of the molecule is CCC1(C)NC(=O)N(NC(=O)Cc2ccc3c(c2)OCCO3)C1=O. The number of nitrogens with zero attached hydrogens (tertiary/aromatic N) is 1. The van der Waals surface area contributed by atoms with Gasteiger partial charge in [0, 0.05) is 0 Å². The van der Waals surface area contributed by atoms with Crippen molar-refractivity contribution in [2.24, 2.45) is 0 Å². The van der Waals surface area contributed by atoms with Crippen molar-refractivity contribution in [2.75, 3.05) is 13.2 Å². The van der Waals surface area contributed by atoms with E-state index in [0.29, 0.717) is 36.7 Å². The summed E-state index contributed by atoms with van der Waals surface area (Å²) in [5.74, 6) is 0.291. The van der Waals surface area contributed by atoms with Gasteiger partial charge < -0.3 is 14.8 Å². The molecular formula is C16H19N3O5. The summed E-state index contributed by atoms with van der Waals surface area (Å²) in [7, 11) is 0. The van der Waals surface area contributed by atoms with E-state index in [4.69, 9.17) is 9.47 Å². The molecule has 0 bridgehead atoms. The van der Waals surface area contributed by atoms with Crippen LogP contribution in [0.3, 0.4) is 0 Å². The summed E-state index contributed by atoms with van der Waals surface area (Å²) in [6.45, 7) is 4.37. The van der Waals surface area contributed by atoms with Gasteiger partial charge in [-0.25, -0.2) is 4.79 Å². The lowest BCUT2D eigenvalue weighted by Crippen LogP contribution is -2.49. The first-order valence-electron chi connectivity index (χ1n) is 7.77. The number of carbonyl (C=O) groups excluding carboxylic acids is 3. The second-order valence-corrected chi connectivity index (χ2v) is 5.95. The lowest BCUT2D eigenvalue weighted by atomic mass is 10.00. The summed E-state index contributed by atoms with van der Waals surface area (Å²) in [6, 6.07) is 4.57. The molecule has 1 fully saturated rings. The minimum atomic E-state index is -0.985. The van der Waals surface area contributed by atoms with E-state index in [-0.39, 0.29) is 6.42 Å². The third-order valence-electron chi connectivity index (χ3n) is 4.18. The highest BCUT2D eigenvalue weighted by molar-refractivity contribution is 6.07. The molecule has 4 amide bonds. The van der Waals surface area contributed by atoms with Crippen LogP contribution in [-0.2, 0) is 16.0 Å². The first-order chi connectivity index (χ1) is 11.4. The van der Waals surface area contributed by atoms with Gasteiger partial charge in [-0.15, -0.1) is 0 Å². The zero-order chi connectivity index (χ0) is 17.3. The summed E-state index contributed by atoms with van der Waals surface area (Å²) >= 11 is 0. The molecule has 1 unspecified atom stereocenters. The summed E-state index contributed by atoms with van der Waals surface area (Å²) in [6.07, 6.45) is 0.447. The number of nitrogens with one attached hydrogen (secondary N) is 2. The zero-order valence-electron chi connectivity index (χ0n) is 13.5. The molecule has 1 aromatic carbocycles. The molecule has 0 aromatic heterocycles. The van der Waals surface area contributed by atoms with Crippen molar-refractivity contribution < 1.29 is 23.9 Å². The Morgan fingerprint density at radius 1 is 1.29 bits per heavy atom. The number of benzene rings is 1. The number of imide groups is 1. The maximum Gasteiger partial charge on any atom is 0.344 e. The Bertz CT molecular complexity index is 705. The van der Waals surface area contributed by atoms with Crippen molar-refractivity contribution in [3.8, 4) is 11.5 Å². The van der Waals surface area contributed by atoms with Crippen LogP contribution in [0.4, 0.5) is 4.79 Å². The maximum absolute atomic E-state index is 12.2. The normalized spacial score (nSPS) is 22.3. The second kappa shape index (κ2) is 6.03. The van der Waals surface area contributed by atoms with E-state index >= 15 is 0 Å². The highest BCUT2D eigenvalue weighted by Gasteiger charge is 2.47. The summed E-state index contributed by atoms with van der Waals surface area (Å²) in [5.41, 5.74) is 2.07. The first kappa shape index (κ1) is 16.1. The van der Waals surface area contributed by atoms with Gasteiger partial charge in [0.1, 0.15) is 18.8 Å². The predicted molar refractivity (Wildman–Crippen MR) is 83.4 cm³/mol. The van der Waals surface area contributed by atoms with E-state index in [1.165, 1.54) is 0 Å². The molecule has 3 rings (SSSR count). The van der Waals surface area contributed by atoms with Crippen LogP contribution in [0.25, 0.3) is 0 Å². The number of fused-ring (bicyclic) bond motifs is 1. The fraction of sp³-hybridized carbons (Fsp3) is 0.438. The Morgan fingerprint density at radius 2 is 2.00 bits per heavy atom. The first-order valence-corrected chi connectivity index (χ1v) is 7.77. The van der Waals surface area contributed by atoms with E-state index < -0.39 is 23.4 Å². The van der Waals surface area contributed by atoms with Crippen LogP contribution in [-0.4, -0.2) is 41.6 Å². The van der Waals surface area contributed by atoms with Crippen LogP contribution in [0, 0.1) is 0 Å². The van der Waals surface area contributed by atoms with E-state index in [0.717, 1.165) is 5.01 Å². The Balaban J connectivity index is 1.66. The Hall–Kier alpha value is -2.77. The van der Waals surface area contributed by atoms with E-state index in [9.17, 15) is 14.4 Å². The predicted octanol–water partition coefficient (Wildman–Crippen LogP) is 0.752. The van der Waals surface area contributed by atoms with E-state index in [1.54, 1.807) is 32.0 Å². The summed E-state index contributed by atoms with van der Waals surface area (Å²) < 4.78 is 10.9. The number of carbonyl (C=O) groups is 3. The van der Waals surface area contributed by atoms with Gasteiger partial charge in [0.2, 0.25) is 5.91 Å². The van der Waals surface area contributed by atoms with Gasteiger partial charge in [0.15, 0.2) is 11.5 Å². The van der Waals surface area contributed by atoms with E-state index in [1.807, 2.05) is 0 Å². The van der Waals surface area contributed by atoms with Gasteiger partial charge in [0.25, 0.3) is 5.91 Å². The van der Waals surface area contributed by atoms with Crippen LogP contribution in [0.1, 0.15) is 25.8 Å². The molecule has 0 saturated carbocycles. The molecule has 8 nitrogen and oxygen atoms in total. The monoisotopic (exact) mass is 333 g/mol. The molecule has 0 aliphatic carbocycles. The van der Waals surface area contributed by atoms with Crippen molar-refractivity contribution in [3.63, 3.8) is 0 Å².